The molecule has 6 N–H and O–H groups in total. The summed E-state index contributed by atoms with van der Waals surface area (Å²) in [5.41, 5.74) is 19.5. The third-order valence-corrected chi connectivity index (χ3v) is 6.07. The topological polar surface area (TPSA) is 132 Å². The highest BCUT2D eigenvalue weighted by Crippen LogP contribution is 2.45. The van der Waals surface area contributed by atoms with Crippen molar-refractivity contribution in [2.75, 3.05) is 11.5 Å². The highest BCUT2D eigenvalue weighted by atomic mass is 32.1. The first kappa shape index (κ1) is 15.4. The highest BCUT2D eigenvalue weighted by Gasteiger charge is 2.24. The van der Waals surface area contributed by atoms with Gasteiger partial charge in [0.25, 0.3) is 5.91 Å². The van der Waals surface area contributed by atoms with Crippen LogP contribution in [0.25, 0.3) is 31.4 Å². The number of carbonyl (C=O) groups is 1. The van der Waals surface area contributed by atoms with Crippen LogP contribution >= 0.6 is 22.7 Å². The van der Waals surface area contributed by atoms with Gasteiger partial charge in [-0.05, 0) is 11.4 Å². The molecule has 3 heterocycles. The van der Waals surface area contributed by atoms with Crippen LogP contribution in [0.5, 0.6) is 0 Å². The van der Waals surface area contributed by atoms with Crippen molar-refractivity contribution < 1.29 is 4.79 Å². The molecule has 1 amide bonds. The Kier molecular flexibility index (Phi) is 3.35. The maximum absolute atomic E-state index is 11.7. The fourth-order valence-corrected chi connectivity index (χ4v) is 4.82. The fourth-order valence-electron chi connectivity index (χ4n) is 2.91. The van der Waals surface area contributed by atoms with Crippen molar-refractivity contribution in [2.24, 2.45) is 5.73 Å². The summed E-state index contributed by atoms with van der Waals surface area (Å²) in [7, 11) is 0. The summed E-state index contributed by atoms with van der Waals surface area (Å²) in [5, 5.41) is 13.1. The van der Waals surface area contributed by atoms with Gasteiger partial charge in [0.05, 0.1) is 5.69 Å². The number of nitrogen functional groups attached to an aromatic ring is 2. The number of primary amides is 1. The third kappa shape index (κ3) is 2.14. The Hall–Kier alpha value is -3.15. The summed E-state index contributed by atoms with van der Waals surface area (Å²) in [5.74, 6) is -0.517. The number of nitriles is 1. The van der Waals surface area contributed by atoms with Crippen molar-refractivity contribution in [3.05, 3.63) is 40.1 Å². The number of hydrogen-bond donors (Lipinski definition) is 3. The number of pyridine rings is 1. The van der Waals surface area contributed by atoms with Crippen LogP contribution < -0.4 is 17.2 Å². The van der Waals surface area contributed by atoms with Gasteiger partial charge in [0.2, 0.25) is 0 Å². The molecule has 0 spiro atoms. The molecular formula is C17H11N5OS2. The zero-order chi connectivity index (χ0) is 17.7. The van der Waals surface area contributed by atoms with Crippen LogP contribution in [0.1, 0.15) is 15.2 Å². The zero-order valence-electron chi connectivity index (χ0n) is 12.7. The van der Waals surface area contributed by atoms with E-state index in [1.165, 1.54) is 0 Å². The molecule has 25 heavy (non-hydrogen) atoms. The Bertz CT molecular complexity index is 1220. The lowest BCUT2D eigenvalue weighted by atomic mass is 9.97. The van der Waals surface area contributed by atoms with E-state index in [1.54, 1.807) is 11.3 Å². The van der Waals surface area contributed by atoms with E-state index in [0.717, 1.165) is 27.0 Å². The lowest BCUT2D eigenvalue weighted by Gasteiger charge is -2.08. The molecule has 6 nitrogen and oxygen atoms in total. The maximum Gasteiger partial charge on any atom is 0.260 e. The van der Waals surface area contributed by atoms with Gasteiger partial charge in [0.15, 0.2) is 0 Å². The van der Waals surface area contributed by atoms with Crippen LogP contribution in [-0.4, -0.2) is 10.9 Å². The number of benzene rings is 1. The monoisotopic (exact) mass is 365 g/mol. The molecule has 122 valence electrons. The van der Waals surface area contributed by atoms with Gasteiger partial charge in [0, 0.05) is 26.6 Å². The van der Waals surface area contributed by atoms with Gasteiger partial charge in [-0.25, -0.2) is 4.98 Å². The number of fused-ring (bicyclic) bond motifs is 2. The predicted molar refractivity (Wildman–Crippen MR) is 102 cm³/mol. The van der Waals surface area contributed by atoms with E-state index in [-0.39, 0.29) is 21.9 Å². The molecule has 0 aliphatic rings. The number of rotatable bonds is 2. The second-order valence-corrected chi connectivity index (χ2v) is 7.30. The van der Waals surface area contributed by atoms with Crippen molar-refractivity contribution in [1.29, 1.82) is 5.26 Å². The molecule has 0 fully saturated rings. The molecule has 0 aliphatic carbocycles. The van der Waals surface area contributed by atoms with Crippen LogP contribution in [0.3, 0.4) is 0 Å². The van der Waals surface area contributed by atoms with Gasteiger partial charge in [-0.15, -0.1) is 22.7 Å². The Morgan fingerprint density at radius 3 is 2.72 bits per heavy atom. The molecule has 8 heteroatoms. The quantitative estimate of drug-likeness (QED) is 0.501. The molecule has 0 atom stereocenters. The van der Waals surface area contributed by atoms with E-state index < -0.39 is 5.91 Å². The Labute approximate surface area is 150 Å². The maximum atomic E-state index is 11.7. The summed E-state index contributed by atoms with van der Waals surface area (Å²) >= 11 is 2.65. The second-order valence-electron chi connectivity index (χ2n) is 5.39. The van der Waals surface area contributed by atoms with Crippen molar-refractivity contribution in [2.45, 2.75) is 0 Å². The Morgan fingerprint density at radius 2 is 2.00 bits per heavy atom. The number of thiophene rings is 2. The van der Waals surface area contributed by atoms with Gasteiger partial charge >= 0.3 is 0 Å². The fraction of sp³-hybridized carbons (Fsp3) is 0. The number of carbonyl (C=O) groups excluding carboxylic acids is 1. The first-order chi connectivity index (χ1) is 12.0. The standard InChI is InChI=1S/C17H11N5OS2/c18-5-8-11(9-6-24-10-4-2-1-3-7(9)10)12-13(19)14(16(21)23)25-17(12)22-15(8)20/h1-4,6H,19H2,(H2,20,22)(H2,21,23). The number of amides is 1. The predicted octanol–water partition coefficient (Wildman–Crippen LogP) is 3.31. The largest absolute Gasteiger partial charge is 0.397 e. The van der Waals surface area contributed by atoms with E-state index in [0.29, 0.717) is 15.8 Å². The van der Waals surface area contributed by atoms with E-state index >= 15 is 0 Å². The van der Waals surface area contributed by atoms with Gasteiger partial charge in [-0.3, -0.25) is 4.79 Å². The second kappa shape index (κ2) is 5.44. The molecular weight excluding hydrogens is 354 g/mol. The van der Waals surface area contributed by atoms with Crippen LogP contribution in [0.2, 0.25) is 0 Å². The molecule has 0 saturated heterocycles. The minimum absolute atomic E-state index is 0.109. The van der Waals surface area contributed by atoms with Crippen LogP contribution in [-0.2, 0) is 0 Å². The van der Waals surface area contributed by atoms with Gasteiger partial charge in [-0.2, -0.15) is 5.26 Å². The highest BCUT2D eigenvalue weighted by molar-refractivity contribution is 7.21. The minimum atomic E-state index is -0.626. The molecule has 4 rings (SSSR count). The third-order valence-electron chi connectivity index (χ3n) is 3.99. The first-order valence-corrected chi connectivity index (χ1v) is 8.90. The van der Waals surface area contributed by atoms with E-state index in [9.17, 15) is 10.1 Å². The zero-order valence-corrected chi connectivity index (χ0v) is 14.4. The Morgan fingerprint density at radius 1 is 1.24 bits per heavy atom. The summed E-state index contributed by atoms with van der Waals surface area (Å²) < 4.78 is 1.08. The molecule has 0 unspecified atom stereocenters. The number of hydrogen-bond acceptors (Lipinski definition) is 7. The van der Waals surface area contributed by atoms with Crippen LogP contribution in [0, 0.1) is 11.3 Å². The molecule has 4 aromatic rings. The SMILES string of the molecule is N#Cc1c(N)nc2sc(C(N)=O)c(N)c2c1-c1csc2ccccc12. The molecule has 1 aromatic carbocycles. The van der Waals surface area contributed by atoms with Gasteiger partial charge in [0.1, 0.15) is 27.2 Å². The number of nitrogens with two attached hydrogens (primary N) is 3. The van der Waals surface area contributed by atoms with Gasteiger partial charge in [-0.1, -0.05) is 18.2 Å². The normalized spacial score (nSPS) is 11.0. The average molecular weight is 365 g/mol. The van der Waals surface area contributed by atoms with Crippen molar-refractivity contribution in [1.82, 2.24) is 4.98 Å². The molecule has 3 aromatic heterocycles. The lowest BCUT2D eigenvalue weighted by molar-refractivity contribution is 0.100. The number of anilines is 2. The number of nitrogens with zero attached hydrogens (tertiary/aromatic N) is 2. The summed E-state index contributed by atoms with van der Waals surface area (Å²) in [6, 6.07) is 9.98. The minimum Gasteiger partial charge on any atom is -0.397 e. The van der Waals surface area contributed by atoms with E-state index in [2.05, 4.69) is 11.1 Å². The van der Waals surface area contributed by atoms with E-state index in [4.69, 9.17) is 17.2 Å². The first-order valence-electron chi connectivity index (χ1n) is 7.21. The van der Waals surface area contributed by atoms with Crippen LogP contribution in [0.4, 0.5) is 11.5 Å². The van der Waals surface area contributed by atoms with Crippen LogP contribution in [0.15, 0.2) is 29.6 Å². The molecule has 0 aliphatic heterocycles. The van der Waals surface area contributed by atoms with Crippen molar-refractivity contribution in [3.63, 3.8) is 0 Å². The number of aromatic nitrogens is 1. The van der Waals surface area contributed by atoms with Crippen molar-refractivity contribution >= 4 is 60.4 Å². The summed E-state index contributed by atoms with van der Waals surface area (Å²) in [6.45, 7) is 0. The Balaban J connectivity index is 2.22. The van der Waals surface area contributed by atoms with Crippen molar-refractivity contribution in [3.8, 4) is 17.2 Å². The average Bonchev–Trinajstić information content (AvgIpc) is 3.15. The lowest BCUT2D eigenvalue weighted by Crippen LogP contribution is -2.10. The molecule has 0 bridgehead atoms. The smallest absolute Gasteiger partial charge is 0.260 e. The summed E-state index contributed by atoms with van der Waals surface area (Å²) in [4.78, 5) is 16.6. The summed E-state index contributed by atoms with van der Waals surface area (Å²) in [6.07, 6.45) is 0. The van der Waals surface area contributed by atoms with E-state index in [1.807, 2.05) is 29.6 Å². The molecule has 0 radical (unpaired) electrons. The van der Waals surface area contributed by atoms with Gasteiger partial charge < -0.3 is 17.2 Å². The molecule has 0 saturated carbocycles.